The lowest BCUT2D eigenvalue weighted by Gasteiger charge is -2.31. The lowest BCUT2D eigenvalue weighted by Crippen LogP contribution is -2.29. The number of pyridine rings is 1. The molecule has 6 heteroatoms. The highest BCUT2D eigenvalue weighted by molar-refractivity contribution is 7.15. The van der Waals surface area contributed by atoms with Crippen molar-refractivity contribution in [1.82, 2.24) is 4.98 Å². The molecule has 1 fully saturated rings. The third-order valence-electron chi connectivity index (χ3n) is 4.97. The van der Waals surface area contributed by atoms with Crippen molar-refractivity contribution in [3.05, 3.63) is 75.6 Å². The first kappa shape index (κ1) is 19.5. The van der Waals surface area contributed by atoms with Crippen molar-refractivity contribution in [1.29, 1.82) is 0 Å². The summed E-state index contributed by atoms with van der Waals surface area (Å²) in [6, 6.07) is 13.2. The van der Waals surface area contributed by atoms with Gasteiger partial charge < -0.3 is 9.84 Å². The molecule has 1 saturated heterocycles. The molecule has 0 amide bonds. The van der Waals surface area contributed by atoms with Gasteiger partial charge in [0, 0.05) is 39.4 Å². The van der Waals surface area contributed by atoms with Crippen LogP contribution in [0.5, 0.6) is 0 Å². The Hall–Kier alpha value is -1.79. The van der Waals surface area contributed by atoms with E-state index in [0.29, 0.717) is 24.3 Å². The fourth-order valence-corrected chi connectivity index (χ4v) is 4.81. The normalized spacial score (nSPS) is 22.4. The van der Waals surface area contributed by atoms with Gasteiger partial charge in [0.2, 0.25) is 5.95 Å². The molecule has 2 aromatic heterocycles. The molecule has 0 aliphatic carbocycles. The first-order valence-corrected chi connectivity index (χ1v) is 10.5. The summed E-state index contributed by atoms with van der Waals surface area (Å²) in [6.07, 6.45) is 3.12. The van der Waals surface area contributed by atoms with Gasteiger partial charge in [-0.3, -0.25) is 0 Å². The van der Waals surface area contributed by atoms with Gasteiger partial charge in [-0.05, 0) is 54.8 Å². The molecule has 1 aromatic carbocycles. The monoisotopic (exact) mass is 417 g/mol. The van der Waals surface area contributed by atoms with Gasteiger partial charge in [0.25, 0.3) is 0 Å². The smallest absolute Gasteiger partial charge is 0.212 e. The van der Waals surface area contributed by atoms with E-state index in [9.17, 15) is 9.50 Å². The molecule has 1 N–H and O–H groups in total. The predicted molar refractivity (Wildman–Crippen MR) is 110 cm³/mol. The van der Waals surface area contributed by atoms with E-state index in [1.54, 1.807) is 23.6 Å². The molecule has 3 aromatic rings. The number of ether oxygens (including phenoxy) is 1. The highest BCUT2D eigenvalue weighted by atomic mass is 35.5. The van der Waals surface area contributed by atoms with Crippen LogP contribution in [0.2, 0.25) is 5.02 Å². The Morgan fingerprint density at radius 1 is 1.21 bits per heavy atom. The van der Waals surface area contributed by atoms with E-state index in [4.69, 9.17) is 16.3 Å². The standard InChI is InChI=1S/C22H21ClFNO2S/c1-13-8-17(26)11-20(27-13)14-2-5-19(23)16(9-14)10-18-4-6-21(28-18)15-3-7-22(24)25-12-15/h2-7,9,12-13,17,20,26H,8,10-11H2,1H3/t13-,17+,20-/m1/s1. The molecule has 0 spiro atoms. The molecule has 0 unspecified atom stereocenters. The van der Waals surface area contributed by atoms with E-state index in [1.165, 1.54) is 6.07 Å². The number of thiophene rings is 1. The van der Waals surface area contributed by atoms with Crippen molar-refractivity contribution in [2.75, 3.05) is 0 Å². The summed E-state index contributed by atoms with van der Waals surface area (Å²) >= 11 is 8.09. The summed E-state index contributed by atoms with van der Waals surface area (Å²) in [7, 11) is 0. The van der Waals surface area contributed by atoms with Crippen molar-refractivity contribution in [2.24, 2.45) is 0 Å². The molecular weight excluding hydrogens is 397 g/mol. The molecule has 3 heterocycles. The number of benzene rings is 1. The highest BCUT2D eigenvalue weighted by Crippen LogP contribution is 2.35. The number of aliphatic hydroxyl groups is 1. The van der Waals surface area contributed by atoms with E-state index in [2.05, 4.69) is 17.1 Å². The van der Waals surface area contributed by atoms with Gasteiger partial charge >= 0.3 is 0 Å². The van der Waals surface area contributed by atoms with Crippen molar-refractivity contribution in [2.45, 2.75) is 44.5 Å². The third kappa shape index (κ3) is 4.44. The minimum Gasteiger partial charge on any atom is -0.393 e. The fourth-order valence-electron chi connectivity index (χ4n) is 3.60. The second kappa shape index (κ2) is 8.29. The van der Waals surface area contributed by atoms with Gasteiger partial charge in [-0.25, -0.2) is 4.98 Å². The topological polar surface area (TPSA) is 42.4 Å². The zero-order valence-corrected chi connectivity index (χ0v) is 17.0. The van der Waals surface area contributed by atoms with Crippen molar-refractivity contribution in [3.8, 4) is 10.4 Å². The zero-order valence-electron chi connectivity index (χ0n) is 15.4. The van der Waals surface area contributed by atoms with Crippen LogP contribution in [-0.4, -0.2) is 22.3 Å². The van der Waals surface area contributed by atoms with Crippen molar-refractivity contribution >= 4 is 22.9 Å². The van der Waals surface area contributed by atoms with Gasteiger partial charge in [-0.1, -0.05) is 23.7 Å². The number of nitrogens with zero attached hydrogens (tertiary/aromatic N) is 1. The van der Waals surface area contributed by atoms with Crippen molar-refractivity contribution in [3.63, 3.8) is 0 Å². The van der Waals surface area contributed by atoms with E-state index in [-0.39, 0.29) is 18.3 Å². The molecule has 4 rings (SSSR count). The number of halogens is 2. The summed E-state index contributed by atoms with van der Waals surface area (Å²) < 4.78 is 19.1. The minimum atomic E-state index is -0.478. The summed E-state index contributed by atoms with van der Waals surface area (Å²) in [5.74, 6) is -0.478. The van der Waals surface area contributed by atoms with E-state index in [0.717, 1.165) is 26.4 Å². The Morgan fingerprint density at radius 2 is 2.07 bits per heavy atom. The third-order valence-corrected chi connectivity index (χ3v) is 6.47. The van der Waals surface area contributed by atoms with Crippen LogP contribution in [0.25, 0.3) is 10.4 Å². The Labute approximate surface area is 172 Å². The first-order valence-electron chi connectivity index (χ1n) is 9.30. The Balaban J connectivity index is 1.54. The molecule has 146 valence electrons. The average molecular weight is 418 g/mol. The number of aromatic nitrogens is 1. The van der Waals surface area contributed by atoms with E-state index in [1.807, 2.05) is 25.1 Å². The van der Waals surface area contributed by atoms with Crippen LogP contribution in [0.4, 0.5) is 4.39 Å². The Morgan fingerprint density at radius 3 is 2.82 bits per heavy atom. The maximum atomic E-state index is 13.0. The average Bonchev–Trinajstić information content (AvgIpc) is 3.12. The molecule has 3 atom stereocenters. The maximum Gasteiger partial charge on any atom is 0.212 e. The predicted octanol–water partition coefficient (Wildman–Crippen LogP) is 5.79. The number of aliphatic hydroxyl groups excluding tert-OH is 1. The largest absolute Gasteiger partial charge is 0.393 e. The second-order valence-corrected chi connectivity index (χ2v) is 8.80. The fraction of sp³-hybridized carbons (Fsp3) is 0.318. The minimum absolute atomic E-state index is 0.0389. The van der Waals surface area contributed by atoms with Crippen LogP contribution in [0.3, 0.4) is 0 Å². The van der Waals surface area contributed by atoms with Crippen LogP contribution in [-0.2, 0) is 11.2 Å². The van der Waals surface area contributed by atoms with Gasteiger partial charge in [0.1, 0.15) is 0 Å². The summed E-state index contributed by atoms with van der Waals surface area (Å²) in [5, 5.41) is 10.8. The lowest BCUT2D eigenvalue weighted by molar-refractivity contribution is -0.0895. The molecule has 1 aliphatic heterocycles. The van der Waals surface area contributed by atoms with Crippen molar-refractivity contribution < 1.29 is 14.2 Å². The first-order chi connectivity index (χ1) is 13.5. The summed E-state index contributed by atoms with van der Waals surface area (Å²) in [4.78, 5) is 5.93. The molecule has 3 nitrogen and oxygen atoms in total. The summed E-state index contributed by atoms with van der Waals surface area (Å²) in [6.45, 7) is 1.99. The zero-order chi connectivity index (χ0) is 19.7. The Kier molecular flexibility index (Phi) is 5.78. The van der Waals surface area contributed by atoms with Crippen LogP contribution in [0, 0.1) is 5.95 Å². The lowest BCUT2D eigenvalue weighted by atomic mass is 9.95. The Bertz CT molecular complexity index is 949. The van der Waals surface area contributed by atoms with Gasteiger partial charge in [0.15, 0.2) is 0 Å². The quantitative estimate of drug-likeness (QED) is 0.546. The van der Waals surface area contributed by atoms with Gasteiger partial charge in [-0.15, -0.1) is 11.3 Å². The van der Waals surface area contributed by atoms with Crippen LogP contribution < -0.4 is 0 Å². The molecule has 0 bridgehead atoms. The molecule has 28 heavy (non-hydrogen) atoms. The number of hydrogen-bond acceptors (Lipinski definition) is 4. The van der Waals surface area contributed by atoms with Crippen LogP contribution in [0.15, 0.2) is 48.7 Å². The highest BCUT2D eigenvalue weighted by Gasteiger charge is 2.27. The SMILES string of the molecule is C[C@@H]1C[C@H](O)C[C@H](c2ccc(Cl)c(Cc3ccc(-c4ccc(F)nc4)s3)c2)O1. The van der Waals surface area contributed by atoms with Gasteiger partial charge in [-0.2, -0.15) is 4.39 Å². The molecular formula is C22H21ClFNO2S. The van der Waals surface area contributed by atoms with E-state index < -0.39 is 5.95 Å². The maximum absolute atomic E-state index is 13.0. The van der Waals surface area contributed by atoms with Crippen LogP contribution >= 0.6 is 22.9 Å². The number of hydrogen-bond donors (Lipinski definition) is 1. The summed E-state index contributed by atoms with van der Waals surface area (Å²) in [5.41, 5.74) is 2.97. The number of rotatable bonds is 4. The van der Waals surface area contributed by atoms with Gasteiger partial charge in [0.05, 0.1) is 18.3 Å². The molecule has 1 aliphatic rings. The van der Waals surface area contributed by atoms with E-state index >= 15 is 0 Å². The molecule has 0 saturated carbocycles. The molecule has 0 radical (unpaired) electrons. The second-order valence-electron chi connectivity index (χ2n) is 7.22. The van der Waals surface area contributed by atoms with Crippen LogP contribution in [0.1, 0.15) is 41.9 Å².